The van der Waals surface area contributed by atoms with Crippen LogP contribution in [0.25, 0.3) is 0 Å². The van der Waals surface area contributed by atoms with Crippen molar-refractivity contribution >= 4 is 43.2 Å². The Hall–Kier alpha value is -2.71. The summed E-state index contributed by atoms with van der Waals surface area (Å²) in [5, 5.41) is 2.68. The molecule has 8 heteroatoms. The van der Waals surface area contributed by atoms with Crippen molar-refractivity contribution in [2.45, 2.75) is 11.8 Å². The lowest BCUT2D eigenvalue weighted by atomic mass is 10.2. The van der Waals surface area contributed by atoms with E-state index in [0.717, 1.165) is 26.5 Å². The molecule has 0 aliphatic heterocycles. The van der Waals surface area contributed by atoms with Crippen LogP contribution in [0.3, 0.4) is 0 Å². The summed E-state index contributed by atoms with van der Waals surface area (Å²) >= 11 is 3.32. The van der Waals surface area contributed by atoms with Gasteiger partial charge in [-0.3, -0.25) is 9.10 Å². The maximum Gasteiger partial charge on any atom is 0.264 e. The lowest BCUT2D eigenvalue weighted by Gasteiger charge is -2.24. The number of amides is 1. The number of rotatable bonds is 6. The van der Waals surface area contributed by atoms with Crippen LogP contribution in [0, 0.1) is 12.7 Å². The molecule has 0 fully saturated rings. The summed E-state index contributed by atoms with van der Waals surface area (Å²) in [4.78, 5) is 12.6. The summed E-state index contributed by atoms with van der Waals surface area (Å²) in [6.45, 7) is 1.38. The van der Waals surface area contributed by atoms with E-state index in [0.29, 0.717) is 5.69 Å². The lowest BCUT2D eigenvalue weighted by molar-refractivity contribution is -0.114. The quantitative estimate of drug-likeness (QED) is 0.558. The number of anilines is 2. The number of hydrogen-bond donors (Lipinski definition) is 1. The Morgan fingerprint density at radius 1 is 1.03 bits per heavy atom. The zero-order valence-corrected chi connectivity index (χ0v) is 17.9. The molecule has 3 aromatic rings. The number of sulfonamides is 1. The molecule has 5 nitrogen and oxygen atoms in total. The van der Waals surface area contributed by atoms with Gasteiger partial charge in [-0.2, -0.15) is 0 Å². The van der Waals surface area contributed by atoms with Gasteiger partial charge in [0, 0.05) is 10.2 Å². The first kappa shape index (κ1) is 21.0. The predicted octanol–water partition coefficient (Wildman–Crippen LogP) is 4.73. The predicted molar refractivity (Wildman–Crippen MR) is 115 cm³/mol. The van der Waals surface area contributed by atoms with Gasteiger partial charge in [-0.25, -0.2) is 12.8 Å². The highest BCUT2D eigenvalue weighted by Crippen LogP contribution is 2.24. The highest BCUT2D eigenvalue weighted by atomic mass is 79.9. The van der Waals surface area contributed by atoms with Crippen molar-refractivity contribution in [2.24, 2.45) is 0 Å². The fraction of sp³-hybridized carbons (Fsp3) is 0.0952. The fourth-order valence-corrected chi connectivity index (χ4v) is 4.48. The fourth-order valence-electron chi connectivity index (χ4n) is 2.66. The zero-order valence-electron chi connectivity index (χ0n) is 15.5. The van der Waals surface area contributed by atoms with Gasteiger partial charge in [0.25, 0.3) is 10.0 Å². The van der Waals surface area contributed by atoms with E-state index in [2.05, 4.69) is 21.2 Å². The number of nitrogens with zero attached hydrogens (tertiary/aromatic N) is 1. The van der Waals surface area contributed by atoms with Gasteiger partial charge in [0.2, 0.25) is 5.91 Å². The van der Waals surface area contributed by atoms with Gasteiger partial charge >= 0.3 is 0 Å². The number of aryl methyl sites for hydroxylation is 1. The molecule has 0 radical (unpaired) electrons. The largest absolute Gasteiger partial charge is 0.324 e. The lowest BCUT2D eigenvalue weighted by Crippen LogP contribution is -2.38. The van der Waals surface area contributed by atoms with Gasteiger partial charge in [-0.1, -0.05) is 39.7 Å². The number of nitrogens with one attached hydrogen (secondary N) is 1. The summed E-state index contributed by atoms with van der Waals surface area (Å²) in [6.07, 6.45) is 0. The van der Waals surface area contributed by atoms with Crippen molar-refractivity contribution in [3.8, 4) is 0 Å². The number of carbonyl (C=O) groups excluding carboxylic acids is 1. The maximum atomic E-state index is 13.4. The molecule has 0 atom stereocenters. The van der Waals surface area contributed by atoms with Crippen LogP contribution in [-0.4, -0.2) is 20.9 Å². The molecule has 0 spiro atoms. The van der Waals surface area contributed by atoms with Gasteiger partial charge in [-0.15, -0.1) is 0 Å². The van der Waals surface area contributed by atoms with Gasteiger partial charge in [0.15, 0.2) is 0 Å². The summed E-state index contributed by atoms with van der Waals surface area (Å²) in [7, 11) is -4.04. The average Bonchev–Trinajstić information content (AvgIpc) is 2.67. The molecule has 0 aliphatic rings. The molecular formula is C21H18BrFN2O3S. The van der Waals surface area contributed by atoms with Crippen molar-refractivity contribution in [2.75, 3.05) is 16.2 Å². The van der Waals surface area contributed by atoms with E-state index in [4.69, 9.17) is 0 Å². The van der Waals surface area contributed by atoms with Crippen LogP contribution in [0.15, 0.2) is 82.2 Å². The third-order valence-electron chi connectivity index (χ3n) is 4.12. The van der Waals surface area contributed by atoms with Crippen LogP contribution in [0.4, 0.5) is 15.8 Å². The molecule has 0 aromatic heterocycles. The molecule has 0 aliphatic carbocycles. The minimum atomic E-state index is -4.04. The molecule has 0 saturated carbocycles. The second kappa shape index (κ2) is 8.75. The van der Waals surface area contributed by atoms with Crippen molar-refractivity contribution in [1.29, 1.82) is 0 Å². The molecule has 0 bridgehead atoms. The van der Waals surface area contributed by atoms with Gasteiger partial charge < -0.3 is 5.32 Å². The second-order valence-electron chi connectivity index (χ2n) is 6.36. The van der Waals surface area contributed by atoms with Crippen molar-refractivity contribution < 1.29 is 17.6 Å². The van der Waals surface area contributed by atoms with E-state index < -0.39 is 28.3 Å². The van der Waals surface area contributed by atoms with Crippen LogP contribution in [0.1, 0.15) is 5.56 Å². The second-order valence-corrected chi connectivity index (χ2v) is 9.14. The normalized spacial score (nSPS) is 11.1. The van der Waals surface area contributed by atoms with Crippen LogP contribution in [0.5, 0.6) is 0 Å². The highest BCUT2D eigenvalue weighted by Gasteiger charge is 2.27. The minimum Gasteiger partial charge on any atom is -0.324 e. The molecule has 1 N–H and O–H groups in total. The number of halogens is 2. The summed E-state index contributed by atoms with van der Waals surface area (Å²) in [5.41, 5.74) is 1.62. The Balaban J connectivity index is 1.93. The van der Waals surface area contributed by atoms with Crippen LogP contribution >= 0.6 is 15.9 Å². The van der Waals surface area contributed by atoms with E-state index >= 15 is 0 Å². The third-order valence-corrected chi connectivity index (χ3v) is 6.40. The van der Waals surface area contributed by atoms with E-state index in [9.17, 15) is 17.6 Å². The summed E-state index contributed by atoms with van der Waals surface area (Å²) in [6, 6.07) is 18.2. The first-order valence-corrected chi connectivity index (χ1v) is 10.9. The molecule has 1 amide bonds. The van der Waals surface area contributed by atoms with E-state index in [1.807, 2.05) is 13.0 Å². The van der Waals surface area contributed by atoms with Crippen LogP contribution in [0.2, 0.25) is 0 Å². The van der Waals surface area contributed by atoms with E-state index in [1.165, 1.54) is 24.3 Å². The number of hydrogen-bond acceptors (Lipinski definition) is 3. The average molecular weight is 477 g/mol. The number of benzene rings is 3. The standard InChI is InChI=1S/C21H18BrFN2O3S/c1-15-5-11-20(12-6-15)29(27,28)25(19-9-7-17(23)8-10-19)14-21(26)24-18-4-2-3-16(22)13-18/h2-13H,14H2,1H3,(H,24,26). The Morgan fingerprint density at radius 3 is 2.31 bits per heavy atom. The molecule has 0 heterocycles. The molecule has 29 heavy (non-hydrogen) atoms. The van der Waals surface area contributed by atoms with Gasteiger partial charge in [-0.05, 0) is 61.5 Å². The van der Waals surface area contributed by atoms with Crippen molar-refractivity contribution in [3.05, 3.63) is 88.6 Å². The molecule has 0 unspecified atom stereocenters. The smallest absolute Gasteiger partial charge is 0.264 e. The van der Waals surface area contributed by atoms with Gasteiger partial charge in [0.05, 0.1) is 10.6 Å². The summed E-state index contributed by atoms with van der Waals surface area (Å²) < 4.78 is 41.5. The van der Waals surface area contributed by atoms with Crippen LogP contribution in [-0.2, 0) is 14.8 Å². The van der Waals surface area contributed by atoms with Crippen LogP contribution < -0.4 is 9.62 Å². The SMILES string of the molecule is Cc1ccc(S(=O)(=O)N(CC(=O)Nc2cccc(Br)c2)c2ccc(F)cc2)cc1. The topological polar surface area (TPSA) is 66.5 Å². The van der Waals surface area contributed by atoms with Crippen molar-refractivity contribution in [1.82, 2.24) is 0 Å². The Labute approximate surface area is 177 Å². The Bertz CT molecular complexity index is 1120. The van der Waals surface area contributed by atoms with E-state index in [-0.39, 0.29) is 10.6 Å². The summed E-state index contributed by atoms with van der Waals surface area (Å²) in [5.74, 6) is -1.02. The first-order chi connectivity index (χ1) is 13.8. The first-order valence-electron chi connectivity index (χ1n) is 8.66. The van der Waals surface area contributed by atoms with Crippen molar-refractivity contribution in [3.63, 3.8) is 0 Å². The number of carbonyl (C=O) groups is 1. The highest BCUT2D eigenvalue weighted by molar-refractivity contribution is 9.10. The molecular weight excluding hydrogens is 459 g/mol. The van der Waals surface area contributed by atoms with E-state index in [1.54, 1.807) is 30.3 Å². The Kier molecular flexibility index (Phi) is 6.34. The monoisotopic (exact) mass is 476 g/mol. The molecule has 3 aromatic carbocycles. The van der Waals surface area contributed by atoms with Gasteiger partial charge in [0.1, 0.15) is 12.4 Å². The zero-order chi connectivity index (χ0) is 21.0. The molecule has 3 rings (SSSR count). The maximum absolute atomic E-state index is 13.4. The Morgan fingerprint density at radius 2 is 1.69 bits per heavy atom. The molecule has 150 valence electrons. The minimum absolute atomic E-state index is 0.0441. The molecule has 0 saturated heterocycles. The third kappa shape index (κ3) is 5.21.